The molecule has 0 aliphatic carbocycles. The molecule has 0 spiro atoms. The largest absolute Gasteiger partial charge is 0.462 e. The highest BCUT2D eigenvalue weighted by Crippen LogP contribution is 2.14. The second kappa shape index (κ2) is 4.93. The van der Waals surface area contributed by atoms with Gasteiger partial charge in [-0.2, -0.15) is 0 Å². The molecule has 0 aliphatic rings. The molecule has 0 fully saturated rings. The van der Waals surface area contributed by atoms with E-state index in [1.54, 1.807) is 6.92 Å². The first-order chi connectivity index (χ1) is 6.69. The van der Waals surface area contributed by atoms with Gasteiger partial charge in [0.1, 0.15) is 0 Å². The lowest BCUT2D eigenvalue weighted by Crippen LogP contribution is -2.12. The van der Waals surface area contributed by atoms with Gasteiger partial charge in [-0.1, -0.05) is 11.6 Å². The Kier molecular flexibility index (Phi) is 3.85. The van der Waals surface area contributed by atoms with E-state index in [4.69, 9.17) is 22.1 Å². The lowest BCUT2D eigenvalue weighted by atomic mass is 10.2. The van der Waals surface area contributed by atoms with Crippen LogP contribution in [0.5, 0.6) is 0 Å². The minimum Gasteiger partial charge on any atom is -0.462 e. The number of ether oxygens (including phenoxy) is 1. The van der Waals surface area contributed by atoms with E-state index in [-0.39, 0.29) is 6.54 Å². The maximum absolute atomic E-state index is 11.4. The standard InChI is InChI=1S/C9H11ClN2O2/c1-2-14-9(13)7-3-6(10)5-12-8(7)4-11/h3,5H,2,4,11H2,1H3. The average molecular weight is 215 g/mol. The first-order valence-electron chi connectivity index (χ1n) is 4.20. The van der Waals surface area contributed by atoms with Crippen molar-refractivity contribution in [3.05, 3.63) is 28.5 Å². The van der Waals surface area contributed by atoms with Crippen LogP contribution in [0, 0.1) is 0 Å². The predicted molar refractivity (Wildman–Crippen MR) is 53.1 cm³/mol. The fourth-order valence-corrected chi connectivity index (χ4v) is 1.17. The van der Waals surface area contributed by atoms with Crippen molar-refractivity contribution in [2.24, 2.45) is 5.73 Å². The summed E-state index contributed by atoms with van der Waals surface area (Å²) in [5.41, 5.74) is 6.25. The second-order valence-electron chi connectivity index (χ2n) is 2.57. The molecule has 2 N–H and O–H groups in total. The summed E-state index contributed by atoms with van der Waals surface area (Å²) >= 11 is 5.71. The smallest absolute Gasteiger partial charge is 0.340 e. The van der Waals surface area contributed by atoms with Gasteiger partial charge in [-0.3, -0.25) is 4.98 Å². The Hall–Kier alpha value is -1.13. The molecule has 1 aromatic heterocycles. The van der Waals surface area contributed by atoms with Crippen LogP contribution >= 0.6 is 11.6 Å². The monoisotopic (exact) mass is 214 g/mol. The molecule has 0 aliphatic heterocycles. The number of nitrogens with zero attached hydrogens (tertiary/aromatic N) is 1. The van der Waals surface area contributed by atoms with Gasteiger partial charge in [0.2, 0.25) is 0 Å². The normalized spacial score (nSPS) is 9.93. The number of carbonyl (C=O) groups excluding carboxylic acids is 1. The molecule has 0 bridgehead atoms. The van der Waals surface area contributed by atoms with Gasteiger partial charge < -0.3 is 10.5 Å². The van der Waals surface area contributed by atoms with Crippen molar-refractivity contribution in [1.29, 1.82) is 0 Å². The van der Waals surface area contributed by atoms with Gasteiger partial charge in [-0.05, 0) is 13.0 Å². The Labute approximate surface area is 87.0 Å². The van der Waals surface area contributed by atoms with Gasteiger partial charge in [-0.25, -0.2) is 4.79 Å². The molecule has 1 heterocycles. The number of esters is 1. The third kappa shape index (κ3) is 2.43. The van der Waals surface area contributed by atoms with E-state index in [1.165, 1.54) is 12.3 Å². The maximum Gasteiger partial charge on any atom is 0.340 e. The molecule has 0 amide bonds. The molecule has 0 unspecified atom stereocenters. The molecule has 0 saturated carbocycles. The SMILES string of the molecule is CCOC(=O)c1cc(Cl)cnc1CN. The van der Waals surface area contributed by atoms with E-state index >= 15 is 0 Å². The van der Waals surface area contributed by atoms with E-state index in [1.807, 2.05) is 0 Å². The summed E-state index contributed by atoms with van der Waals surface area (Å²) < 4.78 is 4.83. The highest BCUT2D eigenvalue weighted by molar-refractivity contribution is 6.30. The molecule has 0 saturated heterocycles. The van der Waals surface area contributed by atoms with Crippen molar-refractivity contribution in [2.45, 2.75) is 13.5 Å². The Morgan fingerprint density at radius 1 is 1.71 bits per heavy atom. The van der Waals surface area contributed by atoms with Crippen LogP contribution in [0.4, 0.5) is 0 Å². The van der Waals surface area contributed by atoms with Crippen molar-refractivity contribution in [3.8, 4) is 0 Å². The first kappa shape index (κ1) is 10.9. The first-order valence-corrected chi connectivity index (χ1v) is 4.58. The summed E-state index contributed by atoms with van der Waals surface area (Å²) in [5, 5.41) is 0.394. The fraction of sp³-hybridized carbons (Fsp3) is 0.333. The van der Waals surface area contributed by atoms with E-state index in [0.717, 1.165) is 0 Å². The summed E-state index contributed by atoms with van der Waals surface area (Å²) in [6, 6.07) is 1.51. The predicted octanol–water partition coefficient (Wildman–Crippen LogP) is 1.37. The van der Waals surface area contributed by atoms with Crippen LogP contribution in [-0.2, 0) is 11.3 Å². The van der Waals surface area contributed by atoms with Crippen molar-refractivity contribution in [1.82, 2.24) is 4.98 Å². The third-order valence-electron chi connectivity index (χ3n) is 1.63. The van der Waals surface area contributed by atoms with Crippen LogP contribution < -0.4 is 5.73 Å². The summed E-state index contributed by atoms with van der Waals surface area (Å²) in [6.07, 6.45) is 1.45. The minimum atomic E-state index is -0.442. The van der Waals surface area contributed by atoms with Crippen LogP contribution in [0.25, 0.3) is 0 Å². The number of hydrogen-bond acceptors (Lipinski definition) is 4. The second-order valence-corrected chi connectivity index (χ2v) is 3.01. The molecule has 14 heavy (non-hydrogen) atoms. The Balaban J connectivity index is 3.03. The Morgan fingerprint density at radius 3 is 3.00 bits per heavy atom. The molecule has 0 aromatic carbocycles. The molecule has 1 aromatic rings. The number of halogens is 1. The lowest BCUT2D eigenvalue weighted by Gasteiger charge is -2.06. The number of pyridine rings is 1. The maximum atomic E-state index is 11.4. The number of aromatic nitrogens is 1. The highest BCUT2D eigenvalue weighted by atomic mass is 35.5. The van der Waals surface area contributed by atoms with E-state index in [0.29, 0.717) is 22.9 Å². The molecule has 4 nitrogen and oxygen atoms in total. The van der Waals surface area contributed by atoms with Crippen LogP contribution in [0.15, 0.2) is 12.3 Å². The topological polar surface area (TPSA) is 65.2 Å². The van der Waals surface area contributed by atoms with Gasteiger partial charge >= 0.3 is 5.97 Å². The van der Waals surface area contributed by atoms with E-state index in [2.05, 4.69) is 4.98 Å². The molecular weight excluding hydrogens is 204 g/mol. The average Bonchev–Trinajstić information content (AvgIpc) is 2.18. The highest BCUT2D eigenvalue weighted by Gasteiger charge is 2.13. The third-order valence-corrected chi connectivity index (χ3v) is 1.83. The van der Waals surface area contributed by atoms with E-state index < -0.39 is 5.97 Å². The lowest BCUT2D eigenvalue weighted by molar-refractivity contribution is 0.0524. The van der Waals surface area contributed by atoms with Crippen LogP contribution in [0.2, 0.25) is 5.02 Å². The van der Waals surface area contributed by atoms with Gasteiger partial charge in [-0.15, -0.1) is 0 Å². The molecule has 76 valence electrons. The molecule has 0 radical (unpaired) electrons. The molecule has 5 heteroatoms. The van der Waals surface area contributed by atoms with Gasteiger partial charge in [0, 0.05) is 12.7 Å². The van der Waals surface area contributed by atoms with Gasteiger partial charge in [0.15, 0.2) is 0 Å². The molecular formula is C9H11ClN2O2. The number of nitrogens with two attached hydrogens (primary N) is 1. The molecule has 0 atom stereocenters. The van der Waals surface area contributed by atoms with Crippen molar-refractivity contribution < 1.29 is 9.53 Å². The summed E-state index contributed by atoms with van der Waals surface area (Å²) in [4.78, 5) is 15.3. The van der Waals surface area contributed by atoms with Crippen LogP contribution in [-0.4, -0.2) is 17.6 Å². The van der Waals surface area contributed by atoms with Crippen molar-refractivity contribution in [2.75, 3.05) is 6.61 Å². The zero-order chi connectivity index (χ0) is 10.6. The fourth-order valence-electron chi connectivity index (χ4n) is 1.02. The summed E-state index contributed by atoms with van der Waals surface area (Å²) in [6.45, 7) is 2.23. The van der Waals surface area contributed by atoms with Crippen molar-refractivity contribution >= 4 is 17.6 Å². The zero-order valence-corrected chi connectivity index (χ0v) is 8.54. The summed E-state index contributed by atoms with van der Waals surface area (Å²) in [5.74, 6) is -0.442. The Bertz CT molecular complexity index is 342. The molecule has 1 rings (SSSR count). The minimum absolute atomic E-state index is 0.186. The zero-order valence-electron chi connectivity index (χ0n) is 7.79. The number of carbonyl (C=O) groups is 1. The van der Waals surface area contributed by atoms with Gasteiger partial charge in [0.05, 0.1) is 22.9 Å². The van der Waals surface area contributed by atoms with Crippen molar-refractivity contribution in [3.63, 3.8) is 0 Å². The quantitative estimate of drug-likeness (QED) is 0.772. The Morgan fingerprint density at radius 2 is 2.43 bits per heavy atom. The van der Waals surface area contributed by atoms with Crippen LogP contribution in [0.1, 0.15) is 23.0 Å². The van der Waals surface area contributed by atoms with E-state index in [9.17, 15) is 4.79 Å². The van der Waals surface area contributed by atoms with Gasteiger partial charge in [0.25, 0.3) is 0 Å². The number of rotatable bonds is 3. The number of hydrogen-bond donors (Lipinski definition) is 1. The summed E-state index contributed by atoms with van der Waals surface area (Å²) in [7, 11) is 0. The van der Waals surface area contributed by atoms with Crippen LogP contribution in [0.3, 0.4) is 0 Å².